The highest BCUT2D eigenvalue weighted by atomic mass is 79.9. The van der Waals surface area contributed by atoms with E-state index < -0.39 is 5.91 Å². The summed E-state index contributed by atoms with van der Waals surface area (Å²) in [6.45, 7) is 0. The van der Waals surface area contributed by atoms with Crippen LogP contribution in [0.2, 0.25) is 5.02 Å². The van der Waals surface area contributed by atoms with Crippen LogP contribution in [0.3, 0.4) is 0 Å². The molecular formula is C18H15BrClN3O. The van der Waals surface area contributed by atoms with Crippen LogP contribution in [0.4, 0.5) is 11.4 Å². The number of hydrogen-bond donors (Lipinski definition) is 1. The number of nitriles is 1. The maximum atomic E-state index is 12.3. The van der Waals surface area contributed by atoms with E-state index >= 15 is 0 Å². The number of halogens is 2. The van der Waals surface area contributed by atoms with E-state index in [4.69, 9.17) is 11.6 Å². The molecule has 0 aliphatic carbocycles. The van der Waals surface area contributed by atoms with Crippen LogP contribution in [0.25, 0.3) is 6.08 Å². The van der Waals surface area contributed by atoms with Gasteiger partial charge in [-0.3, -0.25) is 4.79 Å². The maximum Gasteiger partial charge on any atom is 0.266 e. The largest absolute Gasteiger partial charge is 0.377 e. The molecule has 0 heterocycles. The second-order valence-corrected chi connectivity index (χ2v) is 6.53. The van der Waals surface area contributed by atoms with E-state index in [1.165, 1.54) is 0 Å². The van der Waals surface area contributed by atoms with Crippen molar-refractivity contribution >= 4 is 50.9 Å². The molecule has 0 saturated heterocycles. The number of anilines is 2. The van der Waals surface area contributed by atoms with Gasteiger partial charge in [0.1, 0.15) is 11.6 Å². The molecule has 122 valence electrons. The molecule has 24 heavy (non-hydrogen) atoms. The SMILES string of the molecule is CN(C)c1ccc(/C=C(\C#N)C(=O)Nc2cccc(Cl)c2)cc1Br. The lowest BCUT2D eigenvalue weighted by atomic mass is 10.1. The molecule has 0 atom stereocenters. The molecule has 0 fully saturated rings. The van der Waals surface area contributed by atoms with Crippen LogP contribution in [-0.4, -0.2) is 20.0 Å². The minimum Gasteiger partial charge on any atom is -0.377 e. The summed E-state index contributed by atoms with van der Waals surface area (Å²) in [6.07, 6.45) is 1.55. The van der Waals surface area contributed by atoms with Crippen LogP contribution in [0, 0.1) is 11.3 Å². The highest BCUT2D eigenvalue weighted by Gasteiger charge is 2.10. The first kappa shape index (κ1) is 18.1. The quantitative estimate of drug-likeness (QED) is 0.593. The number of amides is 1. The molecule has 4 nitrogen and oxygen atoms in total. The molecule has 6 heteroatoms. The Balaban J connectivity index is 2.24. The van der Waals surface area contributed by atoms with E-state index in [1.807, 2.05) is 43.3 Å². The fraction of sp³-hybridized carbons (Fsp3) is 0.111. The zero-order valence-electron chi connectivity index (χ0n) is 13.2. The molecule has 0 aliphatic heterocycles. The average molecular weight is 405 g/mol. The number of nitrogens with one attached hydrogen (secondary N) is 1. The van der Waals surface area contributed by atoms with Crippen molar-refractivity contribution in [3.63, 3.8) is 0 Å². The summed E-state index contributed by atoms with van der Waals surface area (Å²) in [5, 5.41) is 12.5. The van der Waals surface area contributed by atoms with Gasteiger partial charge >= 0.3 is 0 Å². The van der Waals surface area contributed by atoms with Gasteiger partial charge in [0.05, 0.1) is 5.69 Å². The fourth-order valence-electron chi connectivity index (χ4n) is 2.06. The Hall–Kier alpha value is -2.29. The van der Waals surface area contributed by atoms with E-state index in [9.17, 15) is 10.1 Å². The Kier molecular flexibility index (Phi) is 6.02. The molecule has 2 aromatic carbocycles. The Bertz CT molecular complexity index is 840. The molecule has 1 N–H and O–H groups in total. The monoisotopic (exact) mass is 403 g/mol. The summed E-state index contributed by atoms with van der Waals surface area (Å²) in [4.78, 5) is 14.2. The first-order chi connectivity index (χ1) is 11.4. The number of carbonyl (C=O) groups excluding carboxylic acids is 1. The van der Waals surface area contributed by atoms with Gasteiger partial charge in [-0.15, -0.1) is 0 Å². The van der Waals surface area contributed by atoms with Gasteiger partial charge in [-0.2, -0.15) is 5.26 Å². The molecule has 0 aliphatic rings. The smallest absolute Gasteiger partial charge is 0.266 e. The zero-order chi connectivity index (χ0) is 17.7. The molecule has 1 amide bonds. The van der Waals surface area contributed by atoms with Crippen molar-refractivity contribution in [3.8, 4) is 6.07 Å². The van der Waals surface area contributed by atoms with Gasteiger partial charge in [-0.05, 0) is 57.9 Å². The molecule has 0 spiro atoms. The number of hydrogen-bond acceptors (Lipinski definition) is 3. The molecule has 2 aromatic rings. The van der Waals surface area contributed by atoms with Gasteiger partial charge in [-0.1, -0.05) is 23.7 Å². The number of benzene rings is 2. The Morgan fingerprint density at radius 2 is 2.04 bits per heavy atom. The van der Waals surface area contributed by atoms with Gasteiger partial charge in [-0.25, -0.2) is 0 Å². The van der Waals surface area contributed by atoms with Crippen molar-refractivity contribution in [3.05, 3.63) is 63.1 Å². The second kappa shape index (κ2) is 8.00. The number of rotatable bonds is 4. The predicted molar refractivity (Wildman–Crippen MR) is 102 cm³/mol. The van der Waals surface area contributed by atoms with Crippen LogP contribution in [-0.2, 0) is 4.79 Å². The van der Waals surface area contributed by atoms with Crippen LogP contribution in [0.15, 0.2) is 52.5 Å². The van der Waals surface area contributed by atoms with Crippen molar-refractivity contribution in [2.45, 2.75) is 0 Å². The summed E-state index contributed by atoms with van der Waals surface area (Å²) in [7, 11) is 3.88. The first-order valence-electron chi connectivity index (χ1n) is 7.06. The second-order valence-electron chi connectivity index (χ2n) is 5.24. The molecular weight excluding hydrogens is 390 g/mol. The molecule has 2 rings (SSSR count). The third-order valence-electron chi connectivity index (χ3n) is 3.21. The summed E-state index contributed by atoms with van der Waals surface area (Å²) in [5.74, 6) is -0.479. The van der Waals surface area contributed by atoms with E-state index in [0.717, 1.165) is 15.7 Å². The lowest BCUT2D eigenvalue weighted by Gasteiger charge is -2.14. The lowest BCUT2D eigenvalue weighted by molar-refractivity contribution is -0.112. The van der Waals surface area contributed by atoms with Crippen molar-refractivity contribution in [2.75, 3.05) is 24.3 Å². The first-order valence-corrected chi connectivity index (χ1v) is 8.23. The normalized spacial score (nSPS) is 10.9. The summed E-state index contributed by atoms with van der Waals surface area (Å²) >= 11 is 9.38. The van der Waals surface area contributed by atoms with E-state index in [-0.39, 0.29) is 5.57 Å². The van der Waals surface area contributed by atoms with Crippen LogP contribution < -0.4 is 10.2 Å². The summed E-state index contributed by atoms with van der Waals surface area (Å²) in [6, 6.07) is 14.3. The third-order valence-corrected chi connectivity index (χ3v) is 4.08. The van der Waals surface area contributed by atoms with Crippen molar-refractivity contribution in [2.24, 2.45) is 0 Å². The Morgan fingerprint density at radius 1 is 1.29 bits per heavy atom. The van der Waals surface area contributed by atoms with E-state index in [1.54, 1.807) is 30.3 Å². The number of nitrogens with zero attached hydrogens (tertiary/aromatic N) is 2. The van der Waals surface area contributed by atoms with Crippen molar-refractivity contribution < 1.29 is 4.79 Å². The van der Waals surface area contributed by atoms with Gasteiger partial charge in [0.15, 0.2) is 0 Å². The van der Waals surface area contributed by atoms with Gasteiger partial charge < -0.3 is 10.2 Å². The molecule has 0 unspecified atom stereocenters. The molecule has 0 aromatic heterocycles. The van der Waals surface area contributed by atoms with Crippen LogP contribution in [0.5, 0.6) is 0 Å². The molecule has 0 bridgehead atoms. The minimum absolute atomic E-state index is 0.0134. The lowest BCUT2D eigenvalue weighted by Crippen LogP contribution is -2.13. The summed E-state index contributed by atoms with van der Waals surface area (Å²) in [5.41, 5.74) is 2.32. The van der Waals surface area contributed by atoms with E-state index in [0.29, 0.717) is 10.7 Å². The van der Waals surface area contributed by atoms with Crippen LogP contribution in [0.1, 0.15) is 5.56 Å². The summed E-state index contributed by atoms with van der Waals surface area (Å²) < 4.78 is 0.883. The zero-order valence-corrected chi connectivity index (χ0v) is 15.5. The van der Waals surface area contributed by atoms with Crippen LogP contribution >= 0.6 is 27.5 Å². The van der Waals surface area contributed by atoms with E-state index in [2.05, 4.69) is 21.2 Å². The standard InChI is InChI=1S/C18H15BrClN3O/c1-23(2)17-7-6-12(9-16(17)19)8-13(11-21)18(24)22-15-5-3-4-14(20)10-15/h3-10H,1-2H3,(H,22,24)/b13-8+. The highest BCUT2D eigenvalue weighted by Crippen LogP contribution is 2.26. The van der Waals surface area contributed by atoms with Gasteiger partial charge in [0, 0.05) is 29.3 Å². The Morgan fingerprint density at radius 3 is 2.62 bits per heavy atom. The molecule has 0 radical (unpaired) electrons. The van der Waals surface area contributed by atoms with Crippen molar-refractivity contribution in [1.29, 1.82) is 5.26 Å². The topological polar surface area (TPSA) is 56.1 Å². The average Bonchev–Trinajstić information content (AvgIpc) is 2.52. The predicted octanol–water partition coefficient (Wildman–Crippen LogP) is 4.71. The Labute approximate surface area is 154 Å². The molecule has 0 saturated carbocycles. The maximum absolute atomic E-state index is 12.3. The highest BCUT2D eigenvalue weighted by molar-refractivity contribution is 9.10. The fourth-order valence-corrected chi connectivity index (χ4v) is 3.00. The third kappa shape index (κ3) is 4.60. The number of carbonyl (C=O) groups is 1. The van der Waals surface area contributed by atoms with Gasteiger partial charge in [0.25, 0.3) is 5.91 Å². The minimum atomic E-state index is -0.479. The van der Waals surface area contributed by atoms with Crippen molar-refractivity contribution in [1.82, 2.24) is 0 Å². The van der Waals surface area contributed by atoms with Gasteiger partial charge in [0.2, 0.25) is 0 Å².